The van der Waals surface area contributed by atoms with Crippen molar-refractivity contribution in [3.05, 3.63) is 52.5 Å². The van der Waals surface area contributed by atoms with Crippen molar-refractivity contribution in [1.82, 2.24) is 0 Å². The standard InChI is InChI=1S/C16H18ClNO2/c1-11-6-7-15(16(10-11)19-2)20-14-5-3-4-13(17)12(14)8-9-18/h3-7,10H,8-9,18H2,1-2H3. The van der Waals surface area contributed by atoms with Gasteiger partial charge in [-0.25, -0.2) is 0 Å². The minimum Gasteiger partial charge on any atom is -0.493 e. The molecule has 2 rings (SSSR count). The molecule has 0 bridgehead atoms. The Morgan fingerprint density at radius 1 is 1.10 bits per heavy atom. The van der Waals surface area contributed by atoms with Crippen molar-refractivity contribution in [2.45, 2.75) is 13.3 Å². The van der Waals surface area contributed by atoms with Crippen LogP contribution < -0.4 is 15.2 Å². The van der Waals surface area contributed by atoms with Crippen LogP contribution in [0.15, 0.2) is 36.4 Å². The molecular formula is C16H18ClNO2. The number of halogens is 1. The zero-order chi connectivity index (χ0) is 14.5. The SMILES string of the molecule is COc1cc(C)ccc1Oc1cccc(Cl)c1CCN. The molecule has 0 heterocycles. The van der Waals surface area contributed by atoms with Crippen LogP contribution in [0.5, 0.6) is 17.2 Å². The maximum atomic E-state index is 6.21. The van der Waals surface area contributed by atoms with Crippen LogP contribution in [0.2, 0.25) is 5.02 Å². The van der Waals surface area contributed by atoms with Gasteiger partial charge in [-0.1, -0.05) is 23.7 Å². The fraction of sp³-hybridized carbons (Fsp3) is 0.250. The van der Waals surface area contributed by atoms with Crippen molar-refractivity contribution >= 4 is 11.6 Å². The summed E-state index contributed by atoms with van der Waals surface area (Å²) in [7, 11) is 1.63. The van der Waals surface area contributed by atoms with Crippen LogP contribution in [0.4, 0.5) is 0 Å². The first kappa shape index (κ1) is 14.7. The first-order valence-corrected chi connectivity index (χ1v) is 6.83. The van der Waals surface area contributed by atoms with Crippen molar-refractivity contribution in [1.29, 1.82) is 0 Å². The minimum atomic E-state index is 0.519. The summed E-state index contributed by atoms with van der Waals surface area (Å²) in [6, 6.07) is 11.4. The first-order chi connectivity index (χ1) is 9.65. The summed E-state index contributed by atoms with van der Waals surface area (Å²) >= 11 is 6.21. The molecule has 0 aromatic heterocycles. The van der Waals surface area contributed by atoms with E-state index in [1.807, 2.05) is 43.3 Å². The van der Waals surface area contributed by atoms with Gasteiger partial charge in [-0.05, 0) is 49.7 Å². The van der Waals surface area contributed by atoms with Crippen LogP contribution in [-0.4, -0.2) is 13.7 Å². The van der Waals surface area contributed by atoms with Crippen LogP contribution >= 0.6 is 11.6 Å². The highest BCUT2D eigenvalue weighted by molar-refractivity contribution is 6.31. The fourth-order valence-corrected chi connectivity index (χ4v) is 2.26. The molecule has 2 N–H and O–H groups in total. The van der Waals surface area contributed by atoms with Crippen LogP contribution in [0.1, 0.15) is 11.1 Å². The highest BCUT2D eigenvalue weighted by Gasteiger charge is 2.11. The van der Waals surface area contributed by atoms with E-state index in [-0.39, 0.29) is 0 Å². The molecule has 3 nitrogen and oxygen atoms in total. The number of benzene rings is 2. The normalized spacial score (nSPS) is 10.4. The van der Waals surface area contributed by atoms with Gasteiger partial charge in [0.1, 0.15) is 5.75 Å². The molecule has 0 saturated heterocycles. The van der Waals surface area contributed by atoms with E-state index in [0.717, 1.165) is 11.1 Å². The van der Waals surface area contributed by atoms with Gasteiger partial charge in [0.25, 0.3) is 0 Å². The fourth-order valence-electron chi connectivity index (χ4n) is 2.00. The first-order valence-electron chi connectivity index (χ1n) is 6.45. The van der Waals surface area contributed by atoms with E-state index in [2.05, 4.69) is 0 Å². The highest BCUT2D eigenvalue weighted by Crippen LogP contribution is 2.35. The maximum absolute atomic E-state index is 6.21. The monoisotopic (exact) mass is 291 g/mol. The van der Waals surface area contributed by atoms with Gasteiger partial charge in [-0.3, -0.25) is 0 Å². The van der Waals surface area contributed by atoms with Crippen molar-refractivity contribution in [3.63, 3.8) is 0 Å². The average molecular weight is 292 g/mol. The summed E-state index contributed by atoms with van der Waals surface area (Å²) in [6.45, 7) is 2.52. The van der Waals surface area contributed by atoms with E-state index in [1.165, 1.54) is 0 Å². The van der Waals surface area contributed by atoms with E-state index < -0.39 is 0 Å². The number of hydrogen-bond acceptors (Lipinski definition) is 3. The maximum Gasteiger partial charge on any atom is 0.169 e. The number of aryl methyl sites for hydroxylation is 1. The summed E-state index contributed by atoms with van der Waals surface area (Å²) in [5.74, 6) is 2.08. The Hall–Kier alpha value is -1.71. The van der Waals surface area contributed by atoms with E-state index in [0.29, 0.717) is 35.2 Å². The van der Waals surface area contributed by atoms with E-state index >= 15 is 0 Å². The average Bonchev–Trinajstić information content (AvgIpc) is 2.44. The quantitative estimate of drug-likeness (QED) is 0.907. The van der Waals surface area contributed by atoms with Crippen LogP contribution in [0.3, 0.4) is 0 Å². The van der Waals surface area contributed by atoms with Gasteiger partial charge in [0.15, 0.2) is 11.5 Å². The molecule has 0 atom stereocenters. The smallest absolute Gasteiger partial charge is 0.169 e. The van der Waals surface area contributed by atoms with Gasteiger partial charge in [0, 0.05) is 10.6 Å². The number of methoxy groups -OCH3 is 1. The number of nitrogens with two attached hydrogens (primary N) is 1. The van der Waals surface area contributed by atoms with Gasteiger partial charge in [0.05, 0.1) is 7.11 Å². The molecule has 106 valence electrons. The Kier molecular flexibility index (Phi) is 4.88. The Labute approximate surface area is 124 Å². The van der Waals surface area contributed by atoms with Gasteiger partial charge >= 0.3 is 0 Å². The zero-order valence-corrected chi connectivity index (χ0v) is 12.4. The van der Waals surface area contributed by atoms with E-state index in [1.54, 1.807) is 7.11 Å². The Morgan fingerprint density at radius 2 is 1.90 bits per heavy atom. The topological polar surface area (TPSA) is 44.5 Å². The molecule has 0 amide bonds. The largest absolute Gasteiger partial charge is 0.493 e. The summed E-state index contributed by atoms with van der Waals surface area (Å²) in [5.41, 5.74) is 7.66. The Bertz CT molecular complexity index is 599. The molecule has 0 saturated carbocycles. The third-order valence-electron chi connectivity index (χ3n) is 3.01. The van der Waals surface area contributed by atoms with Crippen LogP contribution in [-0.2, 0) is 6.42 Å². The third-order valence-corrected chi connectivity index (χ3v) is 3.36. The molecule has 2 aromatic carbocycles. The van der Waals surface area contributed by atoms with E-state index in [9.17, 15) is 0 Å². The minimum absolute atomic E-state index is 0.519. The number of rotatable bonds is 5. The molecular weight excluding hydrogens is 274 g/mol. The molecule has 0 fully saturated rings. The van der Waals surface area contributed by atoms with E-state index in [4.69, 9.17) is 26.8 Å². The Morgan fingerprint density at radius 3 is 2.60 bits per heavy atom. The van der Waals surface area contributed by atoms with Crippen molar-refractivity contribution in [2.75, 3.05) is 13.7 Å². The molecule has 0 aliphatic carbocycles. The molecule has 4 heteroatoms. The van der Waals surface area contributed by atoms with Crippen molar-refractivity contribution in [3.8, 4) is 17.2 Å². The second-order valence-electron chi connectivity index (χ2n) is 4.51. The lowest BCUT2D eigenvalue weighted by atomic mass is 10.1. The molecule has 0 radical (unpaired) electrons. The number of hydrogen-bond donors (Lipinski definition) is 1. The number of ether oxygens (including phenoxy) is 2. The highest BCUT2D eigenvalue weighted by atomic mass is 35.5. The summed E-state index contributed by atoms with van der Waals surface area (Å²) in [5, 5.41) is 0.666. The summed E-state index contributed by atoms with van der Waals surface area (Å²) < 4.78 is 11.3. The molecule has 0 aliphatic heterocycles. The summed E-state index contributed by atoms with van der Waals surface area (Å²) in [6.07, 6.45) is 0.670. The van der Waals surface area contributed by atoms with Crippen LogP contribution in [0, 0.1) is 6.92 Å². The molecule has 0 aliphatic rings. The van der Waals surface area contributed by atoms with Gasteiger partial charge in [0.2, 0.25) is 0 Å². The molecule has 20 heavy (non-hydrogen) atoms. The third kappa shape index (κ3) is 3.24. The zero-order valence-electron chi connectivity index (χ0n) is 11.7. The van der Waals surface area contributed by atoms with Crippen LogP contribution in [0.25, 0.3) is 0 Å². The summed E-state index contributed by atoms with van der Waals surface area (Å²) in [4.78, 5) is 0. The second kappa shape index (κ2) is 6.64. The van der Waals surface area contributed by atoms with Gasteiger partial charge < -0.3 is 15.2 Å². The van der Waals surface area contributed by atoms with Gasteiger partial charge in [-0.2, -0.15) is 0 Å². The van der Waals surface area contributed by atoms with Crippen molar-refractivity contribution in [2.24, 2.45) is 5.73 Å². The molecule has 2 aromatic rings. The lowest BCUT2D eigenvalue weighted by Gasteiger charge is -2.14. The molecule has 0 unspecified atom stereocenters. The van der Waals surface area contributed by atoms with Gasteiger partial charge in [-0.15, -0.1) is 0 Å². The molecule has 0 spiro atoms. The Balaban J connectivity index is 2.37. The lowest BCUT2D eigenvalue weighted by Crippen LogP contribution is -2.05. The van der Waals surface area contributed by atoms with Crippen molar-refractivity contribution < 1.29 is 9.47 Å². The predicted octanol–water partition coefficient (Wildman–Crippen LogP) is 3.95. The lowest BCUT2D eigenvalue weighted by molar-refractivity contribution is 0.377. The predicted molar refractivity (Wildman–Crippen MR) is 82.0 cm³/mol. The second-order valence-corrected chi connectivity index (χ2v) is 4.92.